The largest absolute Gasteiger partial charge is 0.361 e. The molecule has 0 saturated carbocycles. The van der Waals surface area contributed by atoms with Gasteiger partial charge in [0.2, 0.25) is 0 Å². The molecular formula is C34H37N8P. The van der Waals surface area contributed by atoms with Crippen molar-refractivity contribution in [3.63, 3.8) is 0 Å². The summed E-state index contributed by atoms with van der Waals surface area (Å²) in [5, 5.41) is 5.96. The lowest BCUT2D eigenvalue weighted by atomic mass is 10.1. The van der Waals surface area contributed by atoms with Gasteiger partial charge in [0, 0.05) is 124 Å². The van der Waals surface area contributed by atoms with Crippen LogP contribution in [0.3, 0.4) is 0 Å². The van der Waals surface area contributed by atoms with E-state index in [-0.39, 0.29) is 13.3 Å². The van der Waals surface area contributed by atoms with Gasteiger partial charge < -0.3 is 39.2 Å². The van der Waals surface area contributed by atoms with Crippen LogP contribution in [0.5, 0.6) is 0 Å². The summed E-state index contributed by atoms with van der Waals surface area (Å²) in [7, 11) is 3.04. The molecule has 8 rings (SSSR count). The molecule has 0 saturated heterocycles. The maximum atomic E-state index is 7.97. The first kappa shape index (κ1) is 20.3. The Labute approximate surface area is 262 Å². The van der Waals surface area contributed by atoms with Crippen molar-refractivity contribution < 1.29 is 8.22 Å². The van der Waals surface area contributed by atoms with Gasteiger partial charge in [-0.3, -0.25) is 0 Å². The molecule has 0 spiro atoms. The van der Waals surface area contributed by atoms with E-state index in [4.69, 9.17) is 8.22 Å². The van der Waals surface area contributed by atoms with Gasteiger partial charge in [-0.2, -0.15) is 0 Å². The van der Waals surface area contributed by atoms with Gasteiger partial charge in [-0.25, -0.2) is 0 Å². The van der Waals surface area contributed by atoms with Crippen LogP contribution in [0.15, 0.2) is 104 Å². The van der Waals surface area contributed by atoms with Gasteiger partial charge in [0.15, 0.2) is 0 Å². The average molecular weight is 595 g/mol. The molecule has 1 aromatic heterocycles. The third-order valence-electron chi connectivity index (χ3n) is 8.42. The third kappa shape index (κ3) is 4.54. The molecule has 4 aliphatic heterocycles. The van der Waals surface area contributed by atoms with Crippen LogP contribution in [-0.2, 0) is 0 Å². The van der Waals surface area contributed by atoms with Crippen LogP contribution >= 0.6 is 7.53 Å². The molecule has 0 fully saturated rings. The van der Waals surface area contributed by atoms with E-state index in [0.29, 0.717) is 6.67 Å². The fourth-order valence-corrected chi connectivity index (χ4v) is 8.97. The second-order valence-corrected chi connectivity index (χ2v) is 13.7. The van der Waals surface area contributed by atoms with Crippen LogP contribution in [0.2, 0.25) is 0 Å². The topological polar surface area (TPSA) is 25.9 Å². The molecule has 9 heteroatoms. The van der Waals surface area contributed by atoms with Crippen molar-refractivity contribution in [2.75, 3.05) is 74.3 Å². The van der Waals surface area contributed by atoms with E-state index in [9.17, 15) is 0 Å². The zero-order chi connectivity index (χ0) is 34.2. The fraction of sp³-hybridized carbons (Fsp3) is 0.235. The number of benzene rings is 3. The first-order valence-corrected chi connectivity index (χ1v) is 15.6. The van der Waals surface area contributed by atoms with Crippen LogP contribution in [0.4, 0.5) is 22.7 Å². The van der Waals surface area contributed by atoms with Crippen molar-refractivity contribution in [1.82, 2.24) is 19.6 Å². The van der Waals surface area contributed by atoms with Crippen LogP contribution in [0, 0.1) is 0 Å². The molecule has 1 atom stereocenters. The molecule has 0 aliphatic carbocycles. The molecule has 43 heavy (non-hydrogen) atoms. The smallest absolute Gasteiger partial charge is 0.0938 e. The van der Waals surface area contributed by atoms with E-state index in [1.165, 1.54) is 30.8 Å². The summed E-state index contributed by atoms with van der Waals surface area (Å²) in [6.07, 6.45) is 15.2. The highest BCUT2D eigenvalue weighted by Crippen LogP contribution is 2.58. The van der Waals surface area contributed by atoms with Crippen molar-refractivity contribution >= 4 is 51.3 Å². The Kier molecular flexibility index (Phi) is 4.69. The Balaban J connectivity index is 1.31. The summed E-state index contributed by atoms with van der Waals surface area (Å²) in [4.78, 5) is 15.4. The lowest BCUT2D eigenvalue weighted by Crippen LogP contribution is -2.23. The Bertz CT molecular complexity index is 2070. The van der Waals surface area contributed by atoms with Gasteiger partial charge in [0.25, 0.3) is 0 Å². The first-order chi connectivity index (χ1) is 23.3. The van der Waals surface area contributed by atoms with E-state index >= 15 is 0 Å². The predicted molar refractivity (Wildman–Crippen MR) is 182 cm³/mol. The zero-order valence-corrected chi connectivity index (χ0v) is 25.1. The van der Waals surface area contributed by atoms with Crippen molar-refractivity contribution in [3.05, 3.63) is 104 Å². The van der Waals surface area contributed by atoms with E-state index in [1.807, 2.05) is 29.2 Å². The van der Waals surface area contributed by atoms with Gasteiger partial charge >= 0.3 is 0 Å². The second-order valence-electron chi connectivity index (χ2n) is 11.5. The summed E-state index contributed by atoms with van der Waals surface area (Å²) >= 11 is 0. The van der Waals surface area contributed by atoms with E-state index in [2.05, 4.69) is 106 Å². The highest BCUT2D eigenvalue weighted by Gasteiger charge is 2.22. The number of nitrogens with zero attached hydrogens (tertiary/aromatic N) is 8. The standard InChI is InChI=1S/C34H37N8P/c1-35-9-13-39(22-35)26-5-7-31-32-8-6-27(40-14-10-36(2)23-40)21-34(32)43(33(31)20-26)30-18-28(41-15-11-37(3)24-41)17-29(19-30)42-16-12-38(4)25-42/h5-21H,22-25H2,1-4H3/i1D3,3D3. The SMILES string of the molecule is [2H]C([2H])([2H])N1C=CN(c2cc(N3C=CN(C)C3)cc(-p3c4cc(N5C=CN(C)C5)ccc4c4ccc(N5C=CN(C([2H])([2H])[2H])C5)cc43)c2)C1. The maximum Gasteiger partial charge on any atom is 0.0938 e. The molecule has 4 aliphatic rings. The summed E-state index contributed by atoms with van der Waals surface area (Å²) in [5.74, 6) is 0. The molecule has 0 amide bonds. The molecule has 5 heterocycles. The maximum absolute atomic E-state index is 7.97. The number of hydrogen-bond donors (Lipinski definition) is 0. The van der Waals surface area contributed by atoms with Crippen LogP contribution < -0.4 is 19.6 Å². The summed E-state index contributed by atoms with van der Waals surface area (Å²) in [6, 6.07) is 19.8. The van der Waals surface area contributed by atoms with E-state index < -0.39 is 21.5 Å². The van der Waals surface area contributed by atoms with Crippen LogP contribution in [0.1, 0.15) is 8.22 Å². The molecule has 8 nitrogen and oxygen atoms in total. The highest BCUT2D eigenvalue weighted by atomic mass is 31.1. The summed E-state index contributed by atoms with van der Waals surface area (Å²) in [6.45, 7) is -2.50. The number of rotatable bonds is 5. The normalized spacial score (nSPS) is 21.1. The molecule has 1 unspecified atom stereocenters. The van der Waals surface area contributed by atoms with Crippen molar-refractivity contribution in [2.24, 2.45) is 0 Å². The molecule has 0 N–H and O–H groups in total. The summed E-state index contributed by atoms with van der Waals surface area (Å²) in [5.41, 5.74) is 4.00. The molecule has 3 aromatic carbocycles. The van der Waals surface area contributed by atoms with E-state index in [0.717, 1.165) is 34.7 Å². The lowest BCUT2D eigenvalue weighted by molar-refractivity contribution is 0.494. The fourth-order valence-electron chi connectivity index (χ4n) is 6.24. The predicted octanol–water partition coefficient (Wildman–Crippen LogP) is 6.69. The second kappa shape index (κ2) is 9.96. The number of fused-ring (bicyclic) bond motifs is 3. The molecular weight excluding hydrogens is 551 g/mol. The lowest BCUT2D eigenvalue weighted by Gasteiger charge is -2.24. The Hall–Kier alpha value is -4.68. The molecule has 0 radical (unpaired) electrons. The monoisotopic (exact) mass is 594 g/mol. The minimum absolute atomic E-state index is 0.227. The van der Waals surface area contributed by atoms with Crippen molar-refractivity contribution in [1.29, 1.82) is 0 Å². The Morgan fingerprint density at radius 2 is 0.907 bits per heavy atom. The van der Waals surface area contributed by atoms with Gasteiger partial charge in [-0.05, 0) is 53.2 Å². The number of anilines is 4. The van der Waals surface area contributed by atoms with Gasteiger partial charge in [-0.15, -0.1) is 0 Å². The van der Waals surface area contributed by atoms with Gasteiger partial charge in [0.05, 0.1) is 26.7 Å². The molecule has 0 bridgehead atoms. The minimum Gasteiger partial charge on any atom is -0.361 e. The van der Waals surface area contributed by atoms with Gasteiger partial charge in [-0.1, -0.05) is 19.7 Å². The third-order valence-corrected chi connectivity index (χ3v) is 10.9. The van der Waals surface area contributed by atoms with Crippen LogP contribution in [0.25, 0.3) is 26.3 Å². The molecule has 218 valence electrons. The van der Waals surface area contributed by atoms with E-state index in [1.54, 1.807) is 12.4 Å². The summed E-state index contributed by atoms with van der Waals surface area (Å²) < 4.78 is 47.6. The Morgan fingerprint density at radius 1 is 0.488 bits per heavy atom. The Morgan fingerprint density at radius 3 is 1.30 bits per heavy atom. The van der Waals surface area contributed by atoms with Crippen LogP contribution in [-0.4, -0.2) is 74.3 Å². The highest BCUT2D eigenvalue weighted by molar-refractivity contribution is 7.68. The van der Waals surface area contributed by atoms with Crippen molar-refractivity contribution in [2.45, 2.75) is 0 Å². The average Bonchev–Trinajstić information content (AvgIpc) is 3.89. The molecule has 4 aromatic rings. The quantitative estimate of drug-likeness (QED) is 0.252. The number of hydrogen-bond acceptors (Lipinski definition) is 8. The minimum atomic E-state index is -2.23. The van der Waals surface area contributed by atoms with Gasteiger partial charge in [0.1, 0.15) is 0 Å². The first-order valence-electron chi connectivity index (χ1n) is 17.3. The van der Waals surface area contributed by atoms with Crippen molar-refractivity contribution in [3.8, 4) is 5.30 Å². The zero-order valence-electron chi connectivity index (χ0n) is 30.2.